The van der Waals surface area contributed by atoms with Crippen molar-refractivity contribution >= 4 is 41.1 Å². The Labute approximate surface area is 314 Å². The molecule has 0 spiro atoms. The molecule has 0 aliphatic heterocycles. The second-order valence-corrected chi connectivity index (χ2v) is 12.8. The van der Waals surface area contributed by atoms with E-state index in [-0.39, 0.29) is 105 Å². The molecule has 0 heterocycles. The molecule has 19 nitrogen and oxygen atoms in total. The van der Waals surface area contributed by atoms with E-state index in [1.54, 1.807) is 21.1 Å². The van der Waals surface area contributed by atoms with Crippen LogP contribution < -0.4 is 64.6 Å². The molecule has 53 heavy (non-hydrogen) atoms. The van der Waals surface area contributed by atoms with Gasteiger partial charge in [-0.3, -0.25) is 44.2 Å². The average molecular weight is 757 g/mol. The third-order valence-corrected chi connectivity index (χ3v) is 8.38. The second-order valence-electron chi connectivity index (χ2n) is 12.8. The van der Waals surface area contributed by atoms with Crippen molar-refractivity contribution in [1.82, 2.24) is 53.2 Å². The van der Waals surface area contributed by atoms with Crippen molar-refractivity contribution < 1.29 is 33.6 Å². The second kappa shape index (κ2) is 33.0. The van der Waals surface area contributed by atoms with Crippen LogP contribution in [0.25, 0.3) is 0 Å². The van der Waals surface area contributed by atoms with E-state index in [9.17, 15) is 33.6 Å². The molecule has 306 valence electrons. The van der Waals surface area contributed by atoms with E-state index in [0.717, 1.165) is 45.1 Å². The molecule has 0 fully saturated rings. The Balaban J connectivity index is 3.75. The Hall–Kier alpha value is -3.59. The number of nitrogens with one attached hydrogen (secondary N) is 10. The van der Waals surface area contributed by atoms with E-state index in [1.807, 2.05) is 0 Å². The van der Waals surface area contributed by atoms with Gasteiger partial charge >= 0.3 is 0 Å². The molecule has 0 aromatic rings. The maximum atomic E-state index is 12.4. The predicted molar refractivity (Wildman–Crippen MR) is 203 cm³/mol. The first-order valence-electron chi connectivity index (χ1n) is 18.7. The lowest BCUT2D eigenvalue weighted by molar-refractivity contribution is -0.126. The minimum absolute atomic E-state index is 0.0526. The number of carbonyl (C=O) groups is 7. The monoisotopic (exact) mass is 757 g/mol. The lowest BCUT2D eigenvalue weighted by Gasteiger charge is -2.16. The molecule has 5 amide bonds. The molecule has 0 aromatic heterocycles. The summed E-state index contributed by atoms with van der Waals surface area (Å²) in [6.45, 7) is 2.78. The fourth-order valence-corrected chi connectivity index (χ4v) is 5.13. The minimum atomic E-state index is -0.379. The Morgan fingerprint density at radius 2 is 0.849 bits per heavy atom. The van der Waals surface area contributed by atoms with Gasteiger partial charge in [-0.1, -0.05) is 12.8 Å². The first-order chi connectivity index (χ1) is 25.4. The van der Waals surface area contributed by atoms with Crippen LogP contribution in [0.4, 0.5) is 0 Å². The highest BCUT2D eigenvalue weighted by atomic mass is 16.2. The average Bonchev–Trinajstić information content (AvgIpc) is 3.12. The third kappa shape index (κ3) is 28.6. The molecular weight excluding hydrogens is 688 g/mol. The number of amides is 5. The first kappa shape index (κ1) is 49.4. The zero-order chi connectivity index (χ0) is 39.7. The van der Waals surface area contributed by atoms with Crippen molar-refractivity contribution in [2.45, 2.75) is 95.2 Å². The SMILES string of the molecule is CN[C@@H](CCCCNCNCC(=O)CNC(=O)CCCC(=O)NCC(=O)CNCNCCCC[C@@H](NC)C(=O)NCCCC[C@H](NC)C(N)=O)C(N)=O. The number of ketones is 2. The fourth-order valence-electron chi connectivity index (χ4n) is 5.13. The summed E-state index contributed by atoms with van der Waals surface area (Å²) in [5.41, 5.74) is 10.6. The van der Waals surface area contributed by atoms with Crippen LogP contribution in [-0.4, -0.2) is 140 Å². The fraction of sp³-hybridized carbons (Fsp3) is 0.794. The van der Waals surface area contributed by atoms with E-state index in [2.05, 4.69) is 53.2 Å². The molecule has 0 bridgehead atoms. The molecule has 3 atom stereocenters. The van der Waals surface area contributed by atoms with Crippen molar-refractivity contribution in [3.63, 3.8) is 0 Å². The van der Waals surface area contributed by atoms with Crippen LogP contribution in [0.1, 0.15) is 77.0 Å². The largest absolute Gasteiger partial charge is 0.368 e. The highest BCUT2D eigenvalue weighted by Gasteiger charge is 2.16. The molecule has 0 aliphatic rings. The van der Waals surface area contributed by atoms with Crippen molar-refractivity contribution in [1.29, 1.82) is 0 Å². The Bertz CT molecular complexity index is 1080. The van der Waals surface area contributed by atoms with Gasteiger partial charge in [-0.25, -0.2) is 0 Å². The van der Waals surface area contributed by atoms with Crippen LogP contribution in [-0.2, 0) is 33.6 Å². The Morgan fingerprint density at radius 3 is 1.25 bits per heavy atom. The number of nitrogens with two attached hydrogens (primary N) is 2. The maximum Gasteiger partial charge on any atom is 0.237 e. The van der Waals surface area contributed by atoms with Crippen LogP contribution in [0, 0.1) is 0 Å². The summed E-state index contributed by atoms with van der Waals surface area (Å²) >= 11 is 0. The van der Waals surface area contributed by atoms with Gasteiger partial charge in [0.15, 0.2) is 11.6 Å². The normalized spacial score (nSPS) is 12.7. The Kier molecular flexibility index (Phi) is 30.8. The van der Waals surface area contributed by atoms with Gasteiger partial charge in [0.05, 0.1) is 44.3 Å². The highest BCUT2D eigenvalue weighted by molar-refractivity contribution is 5.88. The summed E-state index contributed by atoms with van der Waals surface area (Å²) in [5.74, 6) is -1.81. The first-order valence-corrected chi connectivity index (χ1v) is 18.7. The van der Waals surface area contributed by atoms with E-state index < -0.39 is 0 Å². The summed E-state index contributed by atoms with van der Waals surface area (Å²) in [4.78, 5) is 83.0. The molecule has 0 saturated heterocycles. The standard InChI is InChI=1S/C34H68N12O7/c1-37-27(32(35)51)11-4-7-16-40-23-42-19-25(47)21-45-30(49)14-10-15-31(50)46-22-26(48)20-43-24-41-17-8-5-13-29(39-3)34(53)44-18-9-6-12-28(38-2)33(36)52/h27-29,37-43H,4-24H2,1-3H3,(H2,35,51)(H2,36,52)(H,44,53)(H,45,49)(H,46,50)/t27-,28-,29+/m0/s1. The van der Waals surface area contributed by atoms with Gasteiger partial charge < -0.3 is 54.0 Å². The topological polar surface area (TPSA) is 292 Å². The summed E-state index contributed by atoms with van der Waals surface area (Å²) in [6.07, 6.45) is 7.33. The number of primary amides is 2. The molecule has 0 saturated carbocycles. The van der Waals surface area contributed by atoms with Crippen LogP contribution >= 0.6 is 0 Å². The minimum Gasteiger partial charge on any atom is -0.368 e. The number of Topliss-reactive ketones (excluding diaryl/α,β-unsaturated/α-hetero) is 2. The van der Waals surface area contributed by atoms with E-state index in [1.165, 1.54) is 0 Å². The number of likely N-dealkylation sites (N-methyl/N-ethyl adjacent to an activating group) is 3. The van der Waals surface area contributed by atoms with Crippen molar-refractivity contribution in [2.75, 3.05) is 80.3 Å². The van der Waals surface area contributed by atoms with Gasteiger partial charge in [-0.05, 0) is 85.6 Å². The van der Waals surface area contributed by atoms with Crippen LogP contribution in [0.3, 0.4) is 0 Å². The summed E-state index contributed by atoms with van der Waals surface area (Å²) in [7, 11) is 5.15. The van der Waals surface area contributed by atoms with E-state index in [0.29, 0.717) is 45.7 Å². The van der Waals surface area contributed by atoms with Crippen molar-refractivity contribution in [3.05, 3.63) is 0 Å². The van der Waals surface area contributed by atoms with Gasteiger partial charge in [-0.2, -0.15) is 0 Å². The van der Waals surface area contributed by atoms with Gasteiger partial charge in [0.1, 0.15) is 0 Å². The van der Waals surface area contributed by atoms with Gasteiger partial charge in [0, 0.05) is 32.7 Å². The van der Waals surface area contributed by atoms with Crippen LogP contribution in [0.5, 0.6) is 0 Å². The highest BCUT2D eigenvalue weighted by Crippen LogP contribution is 2.03. The molecule has 0 aromatic carbocycles. The zero-order valence-corrected chi connectivity index (χ0v) is 32.1. The molecular formula is C34H68N12O7. The van der Waals surface area contributed by atoms with Crippen LogP contribution in [0.15, 0.2) is 0 Å². The number of hydrogen-bond acceptors (Lipinski definition) is 14. The zero-order valence-electron chi connectivity index (χ0n) is 32.1. The molecule has 19 heteroatoms. The van der Waals surface area contributed by atoms with E-state index >= 15 is 0 Å². The van der Waals surface area contributed by atoms with Gasteiger partial charge in [-0.15, -0.1) is 0 Å². The lowest BCUT2D eigenvalue weighted by Crippen LogP contribution is -2.43. The van der Waals surface area contributed by atoms with Crippen molar-refractivity contribution in [3.8, 4) is 0 Å². The molecule has 0 rings (SSSR count). The molecule has 0 aliphatic carbocycles. The Morgan fingerprint density at radius 1 is 0.453 bits per heavy atom. The maximum absolute atomic E-state index is 12.4. The molecule has 0 radical (unpaired) electrons. The molecule has 0 unspecified atom stereocenters. The summed E-state index contributed by atoms with van der Waals surface area (Å²) < 4.78 is 0. The number of rotatable bonds is 37. The number of hydrogen-bond donors (Lipinski definition) is 12. The number of unbranched alkanes of at least 4 members (excludes halogenated alkanes) is 3. The summed E-state index contributed by atoms with van der Waals surface area (Å²) in [6, 6.07) is -0.971. The smallest absolute Gasteiger partial charge is 0.237 e. The van der Waals surface area contributed by atoms with E-state index in [4.69, 9.17) is 11.5 Å². The van der Waals surface area contributed by atoms with Gasteiger partial charge in [0.2, 0.25) is 29.5 Å². The lowest BCUT2D eigenvalue weighted by atomic mass is 10.1. The van der Waals surface area contributed by atoms with Crippen molar-refractivity contribution in [2.24, 2.45) is 11.5 Å². The quantitative estimate of drug-likeness (QED) is 0.0214. The predicted octanol–water partition coefficient (Wildman–Crippen LogP) is -3.84. The number of carbonyl (C=O) groups excluding carboxylic acids is 7. The van der Waals surface area contributed by atoms with Crippen LogP contribution in [0.2, 0.25) is 0 Å². The molecule has 14 N–H and O–H groups in total. The third-order valence-electron chi connectivity index (χ3n) is 8.38. The summed E-state index contributed by atoms with van der Waals surface area (Å²) in [5, 5.41) is 29.1. The van der Waals surface area contributed by atoms with Gasteiger partial charge in [0.25, 0.3) is 0 Å².